The number of hydrogen-bond acceptors (Lipinski definition) is 3. The minimum absolute atomic E-state index is 0.162. The van der Waals surface area contributed by atoms with Crippen LogP contribution in [0.3, 0.4) is 0 Å². The molecule has 0 aromatic carbocycles. The van der Waals surface area contributed by atoms with Gasteiger partial charge in [-0.2, -0.15) is 0 Å². The maximum atomic E-state index is 11.0. The normalized spacial score (nSPS) is 11.6. The van der Waals surface area contributed by atoms with Gasteiger partial charge in [-0.05, 0) is 40.3 Å². The van der Waals surface area contributed by atoms with E-state index < -0.39 is 5.54 Å². The zero-order valence-electron chi connectivity index (χ0n) is 7.61. The Bertz CT molecular complexity index is 132. The molecule has 0 spiro atoms. The third-order valence-electron chi connectivity index (χ3n) is 1.83. The maximum absolute atomic E-state index is 11.0. The van der Waals surface area contributed by atoms with Crippen LogP contribution in [0.25, 0.3) is 0 Å². The number of carbonyl (C=O) groups excluding carboxylic acids is 1. The van der Waals surface area contributed by atoms with E-state index in [1.807, 2.05) is 13.8 Å². The summed E-state index contributed by atoms with van der Waals surface area (Å²) in [4.78, 5) is 11.0. The third kappa shape index (κ3) is 4.11. The number of ketones is 1. The number of Topliss-reactive ketones (excluding diaryl/α,β-unsaturated/α-hetero) is 1. The summed E-state index contributed by atoms with van der Waals surface area (Å²) in [6.45, 7) is 6.83. The molecular weight excluding hydrogens is 140 g/mol. The second-order valence-electron chi connectivity index (χ2n) is 3.25. The van der Waals surface area contributed by atoms with Crippen molar-refractivity contribution in [1.82, 2.24) is 5.32 Å². The van der Waals surface area contributed by atoms with Crippen LogP contribution in [0.4, 0.5) is 0 Å². The van der Waals surface area contributed by atoms with Gasteiger partial charge in [0.15, 0.2) is 0 Å². The Morgan fingerprint density at radius 1 is 1.55 bits per heavy atom. The molecule has 0 heterocycles. The molecule has 0 aromatic rings. The Morgan fingerprint density at radius 3 is 2.45 bits per heavy atom. The van der Waals surface area contributed by atoms with Gasteiger partial charge in [0.25, 0.3) is 0 Å². The van der Waals surface area contributed by atoms with Crippen molar-refractivity contribution < 1.29 is 4.79 Å². The lowest BCUT2D eigenvalue weighted by Gasteiger charge is -2.22. The van der Waals surface area contributed by atoms with Gasteiger partial charge in [0, 0.05) is 0 Å². The van der Waals surface area contributed by atoms with E-state index in [2.05, 4.69) is 5.32 Å². The molecule has 0 unspecified atom stereocenters. The van der Waals surface area contributed by atoms with E-state index >= 15 is 0 Å². The van der Waals surface area contributed by atoms with Crippen LogP contribution >= 0.6 is 0 Å². The lowest BCUT2D eigenvalue weighted by atomic mass is 10.0. The van der Waals surface area contributed by atoms with Crippen LogP contribution in [0.15, 0.2) is 0 Å². The highest BCUT2D eigenvalue weighted by Gasteiger charge is 2.21. The molecule has 0 atom stereocenters. The fraction of sp³-hybridized carbons (Fsp3) is 0.875. The molecule has 0 aliphatic carbocycles. The molecule has 0 amide bonds. The van der Waals surface area contributed by atoms with E-state index in [0.29, 0.717) is 6.54 Å². The molecule has 0 aliphatic heterocycles. The molecule has 0 aromatic heterocycles. The summed E-state index contributed by atoms with van der Waals surface area (Å²) in [6, 6.07) is 0. The van der Waals surface area contributed by atoms with Crippen LogP contribution in [-0.4, -0.2) is 24.4 Å². The number of nitrogens with two attached hydrogens (primary N) is 1. The lowest BCUT2D eigenvalue weighted by Crippen LogP contribution is -2.46. The number of carbonyl (C=O) groups is 1. The first-order valence-electron chi connectivity index (χ1n) is 3.97. The van der Waals surface area contributed by atoms with E-state index in [0.717, 1.165) is 13.0 Å². The quantitative estimate of drug-likeness (QED) is 0.565. The standard InChI is InChI=1S/C8H18N2O/c1-7(11)8(2,3)10-6-4-5-9/h10H,4-6,9H2,1-3H3. The van der Waals surface area contributed by atoms with Gasteiger partial charge in [0.2, 0.25) is 0 Å². The second kappa shape index (κ2) is 4.46. The van der Waals surface area contributed by atoms with Crippen molar-refractivity contribution in [2.45, 2.75) is 32.7 Å². The summed E-state index contributed by atoms with van der Waals surface area (Å²) in [5, 5.41) is 3.13. The summed E-state index contributed by atoms with van der Waals surface area (Å²) >= 11 is 0. The summed E-state index contributed by atoms with van der Waals surface area (Å²) in [5.41, 5.74) is 4.92. The Balaban J connectivity index is 3.64. The molecule has 11 heavy (non-hydrogen) atoms. The monoisotopic (exact) mass is 158 g/mol. The minimum atomic E-state index is -0.394. The summed E-state index contributed by atoms with van der Waals surface area (Å²) < 4.78 is 0. The predicted molar refractivity (Wildman–Crippen MR) is 46.4 cm³/mol. The van der Waals surface area contributed by atoms with Crippen molar-refractivity contribution in [3.8, 4) is 0 Å². The number of rotatable bonds is 5. The number of hydrogen-bond donors (Lipinski definition) is 2. The van der Waals surface area contributed by atoms with E-state index in [-0.39, 0.29) is 5.78 Å². The first-order valence-corrected chi connectivity index (χ1v) is 3.97. The second-order valence-corrected chi connectivity index (χ2v) is 3.25. The molecule has 0 rings (SSSR count). The van der Waals surface area contributed by atoms with Gasteiger partial charge in [-0.1, -0.05) is 0 Å². The summed E-state index contributed by atoms with van der Waals surface area (Å²) in [7, 11) is 0. The van der Waals surface area contributed by atoms with Crippen molar-refractivity contribution in [1.29, 1.82) is 0 Å². The van der Waals surface area contributed by atoms with Crippen molar-refractivity contribution in [2.24, 2.45) is 5.73 Å². The topological polar surface area (TPSA) is 55.1 Å². The summed E-state index contributed by atoms with van der Waals surface area (Å²) in [5.74, 6) is 0.162. The predicted octanol–water partition coefficient (Wildman–Crippen LogP) is 0.292. The smallest absolute Gasteiger partial charge is 0.149 e. The van der Waals surface area contributed by atoms with Crippen molar-refractivity contribution >= 4 is 5.78 Å². The van der Waals surface area contributed by atoms with Crippen LogP contribution in [0.5, 0.6) is 0 Å². The Hall–Kier alpha value is -0.410. The molecule has 66 valence electrons. The largest absolute Gasteiger partial charge is 0.330 e. The zero-order chi connectivity index (χ0) is 8.91. The Labute approximate surface area is 68.3 Å². The molecule has 0 saturated carbocycles. The first-order chi connectivity index (χ1) is 5.00. The van der Waals surface area contributed by atoms with Crippen LogP contribution < -0.4 is 11.1 Å². The molecule has 0 saturated heterocycles. The average molecular weight is 158 g/mol. The van der Waals surface area contributed by atoms with Crippen LogP contribution in [0, 0.1) is 0 Å². The fourth-order valence-corrected chi connectivity index (χ4v) is 0.627. The molecular formula is C8H18N2O. The van der Waals surface area contributed by atoms with Gasteiger partial charge in [-0.15, -0.1) is 0 Å². The maximum Gasteiger partial charge on any atom is 0.149 e. The molecule has 3 N–H and O–H groups in total. The highest BCUT2D eigenvalue weighted by molar-refractivity contribution is 5.85. The van der Waals surface area contributed by atoms with Crippen LogP contribution in [0.1, 0.15) is 27.2 Å². The van der Waals surface area contributed by atoms with E-state index in [1.54, 1.807) is 6.92 Å². The Morgan fingerprint density at radius 2 is 2.09 bits per heavy atom. The highest BCUT2D eigenvalue weighted by Crippen LogP contribution is 2.02. The molecule has 3 nitrogen and oxygen atoms in total. The average Bonchev–Trinajstić information content (AvgIpc) is 1.88. The van der Waals surface area contributed by atoms with Crippen LogP contribution in [0.2, 0.25) is 0 Å². The van der Waals surface area contributed by atoms with Gasteiger partial charge in [0.1, 0.15) is 5.78 Å². The van der Waals surface area contributed by atoms with Gasteiger partial charge in [-0.25, -0.2) is 0 Å². The van der Waals surface area contributed by atoms with Gasteiger partial charge < -0.3 is 11.1 Å². The SMILES string of the molecule is CC(=O)C(C)(C)NCCCN. The van der Waals surface area contributed by atoms with Gasteiger partial charge in [-0.3, -0.25) is 4.79 Å². The molecule has 0 bridgehead atoms. The lowest BCUT2D eigenvalue weighted by molar-refractivity contribution is -0.122. The summed E-state index contributed by atoms with van der Waals surface area (Å²) in [6.07, 6.45) is 0.913. The molecule has 3 heteroatoms. The van der Waals surface area contributed by atoms with Gasteiger partial charge >= 0.3 is 0 Å². The minimum Gasteiger partial charge on any atom is -0.330 e. The first kappa shape index (κ1) is 10.6. The van der Waals surface area contributed by atoms with Crippen molar-refractivity contribution in [3.05, 3.63) is 0 Å². The van der Waals surface area contributed by atoms with E-state index in [4.69, 9.17) is 5.73 Å². The van der Waals surface area contributed by atoms with Gasteiger partial charge in [0.05, 0.1) is 5.54 Å². The molecule has 0 fully saturated rings. The van der Waals surface area contributed by atoms with Crippen molar-refractivity contribution in [3.63, 3.8) is 0 Å². The molecule has 0 radical (unpaired) electrons. The molecule has 0 aliphatic rings. The zero-order valence-corrected chi connectivity index (χ0v) is 7.61. The Kier molecular flexibility index (Phi) is 4.30. The number of nitrogens with one attached hydrogen (secondary N) is 1. The highest BCUT2D eigenvalue weighted by atomic mass is 16.1. The van der Waals surface area contributed by atoms with E-state index in [9.17, 15) is 4.79 Å². The van der Waals surface area contributed by atoms with Crippen LogP contribution in [-0.2, 0) is 4.79 Å². The fourth-order valence-electron chi connectivity index (χ4n) is 0.627. The van der Waals surface area contributed by atoms with E-state index in [1.165, 1.54) is 0 Å². The van der Waals surface area contributed by atoms with Crippen molar-refractivity contribution in [2.75, 3.05) is 13.1 Å². The third-order valence-corrected chi connectivity index (χ3v) is 1.83.